The minimum atomic E-state index is -0.970. The van der Waals surface area contributed by atoms with Crippen LogP contribution in [0.3, 0.4) is 0 Å². The summed E-state index contributed by atoms with van der Waals surface area (Å²) in [5.74, 6) is -0.922. The van der Waals surface area contributed by atoms with Gasteiger partial charge >= 0.3 is 7.12 Å². The van der Waals surface area contributed by atoms with Crippen LogP contribution in [-0.4, -0.2) is 40.1 Å². The monoisotopic (exact) mass is 625 g/mol. The van der Waals surface area contributed by atoms with E-state index in [1.807, 2.05) is 29.6 Å². The van der Waals surface area contributed by atoms with E-state index in [0.717, 1.165) is 52.6 Å². The molecule has 0 spiro atoms. The van der Waals surface area contributed by atoms with E-state index in [0.29, 0.717) is 25.7 Å². The third kappa shape index (κ3) is 6.03. The van der Waals surface area contributed by atoms with Crippen molar-refractivity contribution in [2.75, 3.05) is 0 Å². The number of carbonyl (C=O) groups is 2. The number of carbonyl (C=O) groups excluding carboxylic acids is 2. The van der Waals surface area contributed by atoms with E-state index in [2.05, 4.69) is 35.9 Å². The zero-order valence-electron chi connectivity index (χ0n) is 23.1. The fourth-order valence-corrected chi connectivity index (χ4v) is 7.92. The SMILES string of the molecule is CCCC1=C2[C@@H](CC/C(=C/c3cc(Br)ccc3O)CCC)OB(O)C[C@@H]2[C@@H]2C(=O)N(Cc3cccs3)C(=O)[C@@H]2C1. The van der Waals surface area contributed by atoms with Gasteiger partial charge in [-0.2, -0.15) is 0 Å². The van der Waals surface area contributed by atoms with E-state index in [1.165, 1.54) is 16.0 Å². The number of phenolic OH excluding ortho intramolecular Hbond substituents is 1. The summed E-state index contributed by atoms with van der Waals surface area (Å²) in [4.78, 5) is 29.7. The standard InChI is InChI=1S/C31H37BBrNO5S/c1-3-6-19(14-21-15-22(33)10-11-26(21)35)9-12-27-28-20(7-4-2)16-24-29(25(28)17-32(38)39-27)31(37)34(30(24)36)18-23-8-5-13-40-23/h5,8,10-11,13-15,24-25,27,29,35,38H,3-4,6-7,9,12,16-18H2,1-2H3/b19-14+/t24-,25+,27-,29-/m1/s1. The molecule has 2 fully saturated rings. The average molecular weight is 626 g/mol. The highest BCUT2D eigenvalue weighted by atomic mass is 79.9. The first-order valence-electron chi connectivity index (χ1n) is 14.4. The highest BCUT2D eigenvalue weighted by molar-refractivity contribution is 9.10. The zero-order chi connectivity index (χ0) is 28.4. The van der Waals surface area contributed by atoms with E-state index in [9.17, 15) is 19.7 Å². The predicted molar refractivity (Wildman–Crippen MR) is 162 cm³/mol. The number of phenols is 1. The van der Waals surface area contributed by atoms with Crippen LogP contribution in [0.1, 0.15) is 69.2 Å². The van der Waals surface area contributed by atoms with E-state index in [-0.39, 0.29) is 35.5 Å². The highest BCUT2D eigenvalue weighted by Crippen LogP contribution is 2.51. The average Bonchev–Trinajstić information content (AvgIpc) is 3.52. The number of imide groups is 1. The number of rotatable bonds is 10. The number of halogens is 1. The maximum absolute atomic E-state index is 13.8. The van der Waals surface area contributed by atoms with E-state index < -0.39 is 13.0 Å². The van der Waals surface area contributed by atoms with Crippen LogP contribution < -0.4 is 0 Å². The molecule has 1 aromatic carbocycles. The smallest absolute Gasteiger partial charge is 0.455 e. The molecule has 212 valence electrons. The Hall–Kier alpha value is -2.20. The van der Waals surface area contributed by atoms with Crippen LogP contribution in [0.5, 0.6) is 5.75 Å². The molecule has 2 amide bonds. The number of nitrogens with zero attached hydrogens (tertiary/aromatic N) is 1. The van der Waals surface area contributed by atoms with Crippen molar-refractivity contribution in [2.24, 2.45) is 17.8 Å². The number of aromatic hydroxyl groups is 1. The summed E-state index contributed by atoms with van der Waals surface area (Å²) < 4.78 is 7.09. The van der Waals surface area contributed by atoms with Crippen LogP contribution in [0.25, 0.3) is 6.08 Å². The number of benzene rings is 1. The van der Waals surface area contributed by atoms with Gasteiger partial charge in [0.05, 0.1) is 24.5 Å². The van der Waals surface area contributed by atoms with Gasteiger partial charge in [0, 0.05) is 14.9 Å². The van der Waals surface area contributed by atoms with Crippen LogP contribution in [0.4, 0.5) is 0 Å². The lowest BCUT2D eigenvalue weighted by Gasteiger charge is -2.43. The first-order valence-corrected chi connectivity index (χ1v) is 16.1. The number of likely N-dealkylation sites (tertiary alicyclic amines) is 1. The normalized spacial score (nSPS) is 25.1. The Labute approximate surface area is 249 Å². The lowest BCUT2D eigenvalue weighted by molar-refractivity contribution is -0.140. The molecule has 0 unspecified atom stereocenters. The lowest BCUT2D eigenvalue weighted by atomic mass is 9.58. The second-order valence-corrected chi connectivity index (χ2v) is 13.2. The molecule has 2 aliphatic heterocycles. The summed E-state index contributed by atoms with van der Waals surface area (Å²) >= 11 is 5.05. The Balaban J connectivity index is 1.42. The first kappa shape index (κ1) is 29.3. The van der Waals surface area contributed by atoms with Gasteiger partial charge in [0.1, 0.15) is 5.75 Å². The van der Waals surface area contributed by atoms with Gasteiger partial charge < -0.3 is 14.8 Å². The molecule has 0 saturated carbocycles. The third-order valence-electron chi connectivity index (χ3n) is 8.49. The minimum absolute atomic E-state index is 0.0735. The number of hydrogen-bond donors (Lipinski definition) is 2. The Morgan fingerprint density at radius 1 is 1.18 bits per heavy atom. The summed E-state index contributed by atoms with van der Waals surface area (Å²) in [6.45, 7) is 4.60. The van der Waals surface area contributed by atoms with Gasteiger partial charge in [0.25, 0.3) is 0 Å². The fraction of sp³-hybridized carbons (Fsp3) is 0.484. The van der Waals surface area contributed by atoms with Crippen molar-refractivity contribution >= 4 is 52.3 Å². The molecule has 9 heteroatoms. The summed E-state index contributed by atoms with van der Waals surface area (Å²) in [5.41, 5.74) is 4.35. The molecule has 3 heterocycles. The van der Waals surface area contributed by atoms with Crippen molar-refractivity contribution in [1.29, 1.82) is 0 Å². The van der Waals surface area contributed by atoms with Gasteiger partial charge in [-0.15, -0.1) is 11.3 Å². The summed E-state index contributed by atoms with van der Waals surface area (Å²) in [6.07, 6.45) is 7.78. The number of fused-ring (bicyclic) bond motifs is 3. The third-order valence-corrected chi connectivity index (χ3v) is 9.85. The van der Waals surface area contributed by atoms with Crippen LogP contribution in [0.15, 0.2) is 56.9 Å². The predicted octanol–water partition coefficient (Wildman–Crippen LogP) is 6.98. The van der Waals surface area contributed by atoms with Gasteiger partial charge in [-0.05, 0) is 79.6 Å². The number of hydrogen-bond acceptors (Lipinski definition) is 6. The molecule has 0 bridgehead atoms. The number of amides is 2. The molecular formula is C31H37BBrNO5S. The van der Waals surface area contributed by atoms with Crippen LogP contribution in [-0.2, 0) is 20.8 Å². The molecule has 2 saturated heterocycles. The summed E-state index contributed by atoms with van der Waals surface area (Å²) in [7, 11) is -0.970. The van der Waals surface area contributed by atoms with E-state index in [4.69, 9.17) is 4.65 Å². The van der Waals surface area contributed by atoms with Gasteiger partial charge in [-0.25, -0.2) is 0 Å². The first-order chi connectivity index (χ1) is 19.3. The maximum atomic E-state index is 13.8. The van der Waals surface area contributed by atoms with Gasteiger partial charge in [-0.1, -0.05) is 65.9 Å². The van der Waals surface area contributed by atoms with Crippen molar-refractivity contribution in [2.45, 2.75) is 77.8 Å². The second kappa shape index (κ2) is 12.8. The van der Waals surface area contributed by atoms with Crippen LogP contribution in [0, 0.1) is 17.8 Å². The molecule has 1 aromatic heterocycles. The maximum Gasteiger partial charge on any atom is 0.455 e. The summed E-state index contributed by atoms with van der Waals surface area (Å²) in [6, 6.07) is 9.32. The second-order valence-electron chi connectivity index (χ2n) is 11.2. The summed E-state index contributed by atoms with van der Waals surface area (Å²) in [5, 5.41) is 23.2. The van der Waals surface area contributed by atoms with Crippen molar-refractivity contribution in [1.82, 2.24) is 4.90 Å². The van der Waals surface area contributed by atoms with Crippen molar-refractivity contribution < 1.29 is 24.4 Å². The topological polar surface area (TPSA) is 87.1 Å². The largest absolute Gasteiger partial charge is 0.507 e. The Morgan fingerprint density at radius 2 is 2.00 bits per heavy atom. The molecule has 1 aliphatic carbocycles. The molecule has 2 N–H and O–H groups in total. The van der Waals surface area contributed by atoms with E-state index in [1.54, 1.807) is 17.4 Å². The fourth-order valence-electron chi connectivity index (χ4n) is 6.85. The quantitative estimate of drug-likeness (QED) is 0.169. The molecule has 6 nitrogen and oxygen atoms in total. The lowest BCUT2D eigenvalue weighted by Crippen LogP contribution is -2.46. The van der Waals surface area contributed by atoms with Crippen molar-refractivity contribution in [3.63, 3.8) is 0 Å². The molecule has 2 aromatic rings. The zero-order valence-corrected chi connectivity index (χ0v) is 25.5. The Bertz CT molecular complexity index is 1310. The Morgan fingerprint density at radius 3 is 2.73 bits per heavy atom. The molecule has 3 aliphatic rings. The molecular weight excluding hydrogens is 589 g/mol. The minimum Gasteiger partial charge on any atom is -0.507 e. The van der Waals surface area contributed by atoms with Gasteiger partial charge in [-0.3, -0.25) is 14.5 Å². The number of allylic oxidation sites excluding steroid dienone is 2. The van der Waals surface area contributed by atoms with Gasteiger partial charge in [0.15, 0.2) is 0 Å². The van der Waals surface area contributed by atoms with Crippen LogP contribution in [0.2, 0.25) is 6.32 Å². The number of thiophene rings is 1. The molecule has 4 atom stereocenters. The molecule has 5 rings (SSSR count). The van der Waals surface area contributed by atoms with Crippen LogP contribution >= 0.6 is 27.3 Å². The molecule has 40 heavy (non-hydrogen) atoms. The van der Waals surface area contributed by atoms with Gasteiger partial charge in [0.2, 0.25) is 11.8 Å². The van der Waals surface area contributed by atoms with E-state index >= 15 is 0 Å². The Kier molecular flexibility index (Phi) is 9.35. The highest BCUT2D eigenvalue weighted by Gasteiger charge is 2.57. The van der Waals surface area contributed by atoms with Crippen molar-refractivity contribution in [3.8, 4) is 5.75 Å². The van der Waals surface area contributed by atoms with Crippen molar-refractivity contribution in [3.05, 3.63) is 67.3 Å². The molecule has 0 radical (unpaired) electrons.